The average Bonchev–Trinajstić information content (AvgIpc) is 2.03. The van der Waals surface area contributed by atoms with Crippen molar-refractivity contribution in [2.24, 2.45) is 0 Å². The molecule has 0 saturated heterocycles. The van der Waals surface area contributed by atoms with Gasteiger partial charge in [0.15, 0.2) is 0 Å². The summed E-state index contributed by atoms with van der Waals surface area (Å²) in [5.41, 5.74) is 1.34. The van der Waals surface area contributed by atoms with Crippen LogP contribution in [0, 0.1) is 0 Å². The Hall–Kier alpha value is -0.603. The largest absolute Gasteiger partial charge is 0.428 e. The van der Waals surface area contributed by atoms with E-state index in [1.165, 1.54) is 5.56 Å². The first-order valence-corrected chi connectivity index (χ1v) is 7.69. The second-order valence-electron chi connectivity index (χ2n) is 4.34. The van der Waals surface area contributed by atoms with Crippen LogP contribution in [0.15, 0.2) is 24.3 Å². The molecular weight excluding hydrogens is 176 g/mol. The van der Waals surface area contributed by atoms with Gasteiger partial charge in [-0.15, -0.1) is 0 Å². The molecule has 1 N–H and O–H groups in total. The van der Waals surface area contributed by atoms with Crippen molar-refractivity contribution in [2.45, 2.75) is 32.9 Å². The zero-order valence-corrected chi connectivity index (χ0v) is 9.83. The predicted molar refractivity (Wildman–Crippen MR) is 59.9 cm³/mol. The average molecular weight is 194 g/mol. The molecule has 0 aromatic heterocycles. The van der Waals surface area contributed by atoms with Crippen LogP contribution in [0.3, 0.4) is 0 Å². The van der Waals surface area contributed by atoms with Crippen molar-refractivity contribution in [2.75, 3.05) is 0 Å². The van der Waals surface area contributed by atoms with E-state index in [0.29, 0.717) is 5.92 Å². The van der Waals surface area contributed by atoms with Gasteiger partial charge in [-0.05, 0) is 29.8 Å². The minimum atomic E-state index is -2.09. The van der Waals surface area contributed by atoms with Crippen LogP contribution in [-0.4, -0.2) is 13.1 Å². The van der Waals surface area contributed by atoms with Crippen molar-refractivity contribution in [3.05, 3.63) is 29.8 Å². The van der Waals surface area contributed by atoms with E-state index in [1.807, 2.05) is 13.1 Å². The molecule has 0 saturated carbocycles. The molecule has 1 nitrogen and oxygen atoms in total. The third-order valence-electron chi connectivity index (χ3n) is 2.28. The van der Waals surface area contributed by atoms with Gasteiger partial charge >= 0.3 is 0 Å². The molecule has 0 heterocycles. The second kappa shape index (κ2) is 3.64. The minimum Gasteiger partial charge on any atom is -0.428 e. The minimum absolute atomic E-state index is 0.567. The van der Waals surface area contributed by atoms with Crippen LogP contribution in [0.1, 0.15) is 25.3 Å². The van der Waals surface area contributed by atoms with E-state index in [1.54, 1.807) is 0 Å². The highest BCUT2D eigenvalue weighted by Crippen LogP contribution is 2.12. The molecule has 0 aliphatic rings. The highest BCUT2D eigenvalue weighted by molar-refractivity contribution is 6.83. The van der Waals surface area contributed by atoms with Crippen LogP contribution < -0.4 is 5.19 Å². The maximum Gasteiger partial charge on any atom is 0.213 e. The SMILES string of the molecule is CC(C)c1ccc([Si](C)(C)O)cc1. The van der Waals surface area contributed by atoms with E-state index < -0.39 is 8.32 Å². The molecule has 0 bridgehead atoms. The summed E-state index contributed by atoms with van der Waals surface area (Å²) in [6.45, 7) is 8.24. The quantitative estimate of drug-likeness (QED) is 0.716. The summed E-state index contributed by atoms with van der Waals surface area (Å²) >= 11 is 0. The van der Waals surface area contributed by atoms with Gasteiger partial charge in [0.05, 0.1) is 0 Å². The Morgan fingerprint density at radius 1 is 1.08 bits per heavy atom. The van der Waals surface area contributed by atoms with Gasteiger partial charge in [0.2, 0.25) is 8.32 Å². The number of benzene rings is 1. The molecule has 0 aliphatic carbocycles. The molecule has 1 rings (SSSR count). The van der Waals surface area contributed by atoms with Crippen LogP contribution in [0.4, 0.5) is 0 Å². The molecule has 1 aromatic rings. The standard InChI is InChI=1S/C11H18OSi/c1-9(2)10-5-7-11(8-6-10)13(3,4)12/h5-9,12H,1-4H3. The first kappa shape index (κ1) is 10.5. The van der Waals surface area contributed by atoms with Gasteiger partial charge in [0.1, 0.15) is 0 Å². The van der Waals surface area contributed by atoms with Crippen molar-refractivity contribution in [3.8, 4) is 0 Å². The molecule has 72 valence electrons. The lowest BCUT2D eigenvalue weighted by Gasteiger charge is -2.15. The fraction of sp³-hybridized carbons (Fsp3) is 0.455. The molecule has 0 spiro atoms. The highest BCUT2D eigenvalue weighted by atomic mass is 28.4. The van der Waals surface area contributed by atoms with Gasteiger partial charge in [0, 0.05) is 0 Å². The van der Waals surface area contributed by atoms with E-state index in [4.69, 9.17) is 0 Å². The van der Waals surface area contributed by atoms with E-state index in [-0.39, 0.29) is 0 Å². The van der Waals surface area contributed by atoms with Crippen molar-refractivity contribution in [1.29, 1.82) is 0 Å². The summed E-state index contributed by atoms with van der Waals surface area (Å²) in [5, 5.41) is 1.11. The maximum atomic E-state index is 9.86. The second-order valence-corrected chi connectivity index (χ2v) is 8.03. The molecule has 2 heteroatoms. The Morgan fingerprint density at radius 3 is 1.85 bits per heavy atom. The lowest BCUT2D eigenvalue weighted by Crippen LogP contribution is -2.41. The van der Waals surface area contributed by atoms with E-state index in [9.17, 15) is 4.80 Å². The molecule has 0 unspecified atom stereocenters. The van der Waals surface area contributed by atoms with Crippen molar-refractivity contribution in [3.63, 3.8) is 0 Å². The molecule has 0 aliphatic heterocycles. The fourth-order valence-corrected chi connectivity index (χ4v) is 2.26. The van der Waals surface area contributed by atoms with E-state index >= 15 is 0 Å². The van der Waals surface area contributed by atoms with Crippen LogP contribution in [0.25, 0.3) is 0 Å². The molecule has 1 aromatic carbocycles. The Morgan fingerprint density at radius 2 is 1.54 bits per heavy atom. The molecule has 0 amide bonds. The van der Waals surface area contributed by atoms with Crippen LogP contribution in [0.2, 0.25) is 13.1 Å². The Kier molecular flexibility index (Phi) is 2.93. The first-order valence-electron chi connectivity index (χ1n) is 4.74. The molecule has 0 radical (unpaired) electrons. The fourth-order valence-electron chi connectivity index (χ4n) is 1.28. The van der Waals surface area contributed by atoms with Crippen LogP contribution >= 0.6 is 0 Å². The monoisotopic (exact) mass is 194 g/mol. The third kappa shape index (κ3) is 2.67. The summed E-state index contributed by atoms with van der Waals surface area (Å²) in [5.74, 6) is 0.567. The highest BCUT2D eigenvalue weighted by Gasteiger charge is 2.19. The third-order valence-corrected chi connectivity index (χ3v) is 4.03. The van der Waals surface area contributed by atoms with Crippen LogP contribution in [-0.2, 0) is 0 Å². The van der Waals surface area contributed by atoms with Crippen LogP contribution in [0.5, 0.6) is 0 Å². The Balaban J connectivity index is 2.94. The lowest BCUT2D eigenvalue weighted by molar-refractivity contribution is 0.568. The lowest BCUT2D eigenvalue weighted by atomic mass is 10.0. The number of hydrogen-bond acceptors (Lipinski definition) is 1. The summed E-state index contributed by atoms with van der Waals surface area (Å²) in [6, 6.07) is 8.35. The summed E-state index contributed by atoms with van der Waals surface area (Å²) in [4.78, 5) is 9.86. The molecule has 0 fully saturated rings. The number of hydrogen-bond donors (Lipinski definition) is 1. The van der Waals surface area contributed by atoms with Gasteiger partial charge in [-0.2, -0.15) is 0 Å². The molecular formula is C11H18OSi. The normalized spacial score (nSPS) is 12.2. The first-order chi connectivity index (χ1) is 5.91. The zero-order valence-electron chi connectivity index (χ0n) is 8.83. The van der Waals surface area contributed by atoms with Gasteiger partial charge in [-0.3, -0.25) is 0 Å². The topological polar surface area (TPSA) is 20.2 Å². The molecule has 13 heavy (non-hydrogen) atoms. The number of rotatable bonds is 2. The maximum absolute atomic E-state index is 9.86. The molecule has 0 atom stereocenters. The zero-order chi connectivity index (χ0) is 10.1. The Bertz CT molecular complexity index is 269. The smallest absolute Gasteiger partial charge is 0.213 e. The Labute approximate surface area is 81.6 Å². The van der Waals surface area contributed by atoms with Crippen molar-refractivity contribution >= 4 is 13.5 Å². The summed E-state index contributed by atoms with van der Waals surface area (Å²) in [6.07, 6.45) is 0. The van der Waals surface area contributed by atoms with Crippen molar-refractivity contribution < 1.29 is 4.80 Å². The van der Waals surface area contributed by atoms with Gasteiger partial charge in [-0.1, -0.05) is 38.1 Å². The predicted octanol–water partition coefficient (Wildman–Crippen LogP) is 2.21. The van der Waals surface area contributed by atoms with E-state index in [2.05, 4.69) is 38.1 Å². The van der Waals surface area contributed by atoms with Gasteiger partial charge in [0.25, 0.3) is 0 Å². The van der Waals surface area contributed by atoms with Crippen molar-refractivity contribution in [1.82, 2.24) is 0 Å². The van der Waals surface area contributed by atoms with Gasteiger partial charge in [-0.25, -0.2) is 0 Å². The van der Waals surface area contributed by atoms with Gasteiger partial charge < -0.3 is 4.80 Å². The summed E-state index contributed by atoms with van der Waals surface area (Å²) < 4.78 is 0. The summed E-state index contributed by atoms with van der Waals surface area (Å²) in [7, 11) is -2.09. The van der Waals surface area contributed by atoms with E-state index in [0.717, 1.165) is 5.19 Å².